The molecule has 7 heteroatoms. The summed E-state index contributed by atoms with van der Waals surface area (Å²) >= 11 is 5.48. The molecule has 0 amide bonds. The number of H-pyrrole nitrogens is 1. The smallest absolute Gasteiger partial charge is 0.307 e. The Morgan fingerprint density at radius 2 is 2.26 bits per heavy atom. The van der Waals surface area contributed by atoms with Gasteiger partial charge in [0, 0.05) is 24.6 Å². The third-order valence-corrected chi connectivity index (χ3v) is 4.28. The second-order valence-electron chi connectivity index (χ2n) is 5.27. The van der Waals surface area contributed by atoms with Gasteiger partial charge in [0.25, 0.3) is 0 Å². The van der Waals surface area contributed by atoms with Crippen molar-refractivity contribution in [2.24, 2.45) is 0 Å². The predicted molar refractivity (Wildman–Crippen MR) is 89.6 cm³/mol. The first kappa shape index (κ1) is 15.5. The van der Waals surface area contributed by atoms with Gasteiger partial charge in [-0.05, 0) is 36.5 Å². The van der Waals surface area contributed by atoms with Gasteiger partial charge in [-0.3, -0.25) is 9.78 Å². The second kappa shape index (κ2) is 6.78. The molecular weight excluding hydrogens is 312 g/mol. The first-order chi connectivity index (χ1) is 11.2. The van der Waals surface area contributed by atoms with E-state index in [0.29, 0.717) is 11.7 Å². The van der Waals surface area contributed by atoms with Crippen LogP contribution in [0.4, 0.5) is 0 Å². The van der Waals surface area contributed by atoms with Gasteiger partial charge in [0.2, 0.25) is 0 Å². The van der Waals surface area contributed by atoms with E-state index in [9.17, 15) is 4.79 Å². The number of nitrogens with one attached hydrogen (secondary N) is 2. The Hall–Kier alpha value is -2.41. The highest BCUT2D eigenvalue weighted by atomic mass is 32.1. The lowest BCUT2D eigenvalue weighted by Gasteiger charge is -2.26. The van der Waals surface area contributed by atoms with Crippen LogP contribution in [0, 0.1) is 0 Å². The Morgan fingerprint density at radius 1 is 1.39 bits per heavy atom. The standard InChI is InChI=1S/C16H18N4O2S/c1-22-13(21)7-10-20-15(12-6-4-9-18-12)14(19-16(20)23)11-5-2-3-8-17-11/h2-6,8-9,14-15,18H,7,10H2,1H3,(H,19,23). The first-order valence-electron chi connectivity index (χ1n) is 7.39. The van der Waals surface area contributed by atoms with E-state index in [2.05, 4.69) is 15.3 Å². The fraction of sp³-hybridized carbons (Fsp3) is 0.312. The van der Waals surface area contributed by atoms with Gasteiger partial charge in [0.05, 0.1) is 31.3 Å². The van der Waals surface area contributed by atoms with E-state index in [1.165, 1.54) is 7.11 Å². The summed E-state index contributed by atoms with van der Waals surface area (Å²) in [6.07, 6.45) is 3.93. The number of pyridine rings is 1. The molecule has 0 aromatic carbocycles. The topological polar surface area (TPSA) is 70.2 Å². The zero-order chi connectivity index (χ0) is 16.2. The lowest BCUT2D eigenvalue weighted by molar-refractivity contribution is -0.140. The van der Waals surface area contributed by atoms with Crippen LogP contribution in [0.1, 0.15) is 29.9 Å². The summed E-state index contributed by atoms with van der Waals surface area (Å²) in [7, 11) is 1.39. The minimum atomic E-state index is -0.251. The van der Waals surface area contributed by atoms with E-state index in [1.807, 2.05) is 41.4 Å². The quantitative estimate of drug-likeness (QED) is 0.645. The predicted octanol–water partition coefficient (Wildman–Crippen LogP) is 1.95. The number of thiocarbonyl (C=S) groups is 1. The zero-order valence-electron chi connectivity index (χ0n) is 12.7. The number of methoxy groups -OCH3 is 1. The highest BCUT2D eigenvalue weighted by molar-refractivity contribution is 7.80. The SMILES string of the molecule is COC(=O)CCN1C(=S)NC(c2ccccn2)C1c1ccc[nH]1. The van der Waals surface area contributed by atoms with Crippen LogP contribution in [0.3, 0.4) is 0 Å². The van der Waals surface area contributed by atoms with Gasteiger partial charge in [-0.2, -0.15) is 0 Å². The van der Waals surface area contributed by atoms with Gasteiger partial charge in [-0.1, -0.05) is 6.07 Å². The number of esters is 1. The number of hydrogen-bond donors (Lipinski definition) is 2. The second-order valence-corrected chi connectivity index (χ2v) is 5.66. The van der Waals surface area contributed by atoms with Crippen LogP contribution in [-0.4, -0.2) is 39.6 Å². The van der Waals surface area contributed by atoms with Crippen molar-refractivity contribution < 1.29 is 9.53 Å². The molecule has 6 nitrogen and oxygen atoms in total. The van der Waals surface area contributed by atoms with E-state index >= 15 is 0 Å². The van der Waals surface area contributed by atoms with Crippen molar-refractivity contribution in [2.45, 2.75) is 18.5 Å². The number of rotatable bonds is 5. The summed E-state index contributed by atoms with van der Waals surface area (Å²) in [6, 6.07) is 9.66. The minimum absolute atomic E-state index is 0.0444. The number of aromatic amines is 1. The van der Waals surface area contributed by atoms with Crippen LogP contribution < -0.4 is 5.32 Å². The Kier molecular flexibility index (Phi) is 4.57. The molecule has 1 saturated heterocycles. The van der Waals surface area contributed by atoms with Crippen molar-refractivity contribution in [1.82, 2.24) is 20.2 Å². The van der Waals surface area contributed by atoms with Crippen molar-refractivity contribution in [3.05, 3.63) is 54.1 Å². The minimum Gasteiger partial charge on any atom is -0.469 e. The summed E-state index contributed by atoms with van der Waals surface area (Å²) in [4.78, 5) is 21.2. The number of carbonyl (C=O) groups is 1. The highest BCUT2D eigenvalue weighted by Gasteiger charge is 2.40. The summed E-state index contributed by atoms with van der Waals surface area (Å²) in [5, 5.41) is 3.94. The van der Waals surface area contributed by atoms with Crippen LogP contribution in [0.2, 0.25) is 0 Å². The van der Waals surface area contributed by atoms with E-state index in [0.717, 1.165) is 11.4 Å². The Bertz CT molecular complexity index is 675. The van der Waals surface area contributed by atoms with Crippen LogP contribution in [0.5, 0.6) is 0 Å². The molecule has 2 aromatic heterocycles. The molecule has 2 atom stereocenters. The molecule has 0 spiro atoms. The Morgan fingerprint density at radius 3 is 2.91 bits per heavy atom. The van der Waals surface area contributed by atoms with Crippen molar-refractivity contribution in [3.8, 4) is 0 Å². The molecule has 1 fully saturated rings. The van der Waals surface area contributed by atoms with Gasteiger partial charge in [-0.25, -0.2) is 0 Å². The maximum atomic E-state index is 11.5. The highest BCUT2D eigenvalue weighted by Crippen LogP contribution is 2.37. The van der Waals surface area contributed by atoms with E-state index < -0.39 is 0 Å². The molecular formula is C16H18N4O2S. The number of aromatic nitrogens is 2. The van der Waals surface area contributed by atoms with Crippen LogP contribution >= 0.6 is 12.2 Å². The molecule has 23 heavy (non-hydrogen) atoms. The lowest BCUT2D eigenvalue weighted by atomic mass is 10.0. The molecule has 0 aliphatic carbocycles. The first-order valence-corrected chi connectivity index (χ1v) is 7.79. The Labute approximate surface area is 139 Å². The summed E-state index contributed by atoms with van der Waals surface area (Å²) in [5.41, 5.74) is 1.94. The fourth-order valence-electron chi connectivity index (χ4n) is 2.83. The van der Waals surface area contributed by atoms with Crippen molar-refractivity contribution >= 4 is 23.3 Å². The van der Waals surface area contributed by atoms with Crippen LogP contribution in [0.25, 0.3) is 0 Å². The van der Waals surface area contributed by atoms with Crippen molar-refractivity contribution in [1.29, 1.82) is 0 Å². The normalized spacial score (nSPS) is 20.4. The van der Waals surface area contributed by atoms with Gasteiger partial charge >= 0.3 is 5.97 Å². The summed E-state index contributed by atoms with van der Waals surface area (Å²) in [6.45, 7) is 0.492. The maximum absolute atomic E-state index is 11.5. The van der Waals surface area contributed by atoms with Gasteiger partial charge in [0.15, 0.2) is 5.11 Å². The van der Waals surface area contributed by atoms with Gasteiger partial charge < -0.3 is 19.9 Å². The molecule has 3 heterocycles. The monoisotopic (exact) mass is 330 g/mol. The molecule has 1 aliphatic rings. The fourth-order valence-corrected chi connectivity index (χ4v) is 3.16. The zero-order valence-corrected chi connectivity index (χ0v) is 13.5. The number of hydrogen-bond acceptors (Lipinski definition) is 4. The summed E-state index contributed by atoms with van der Waals surface area (Å²) < 4.78 is 4.73. The Balaban J connectivity index is 1.89. The largest absolute Gasteiger partial charge is 0.469 e. The molecule has 0 saturated carbocycles. The molecule has 2 unspecified atom stereocenters. The molecule has 2 N–H and O–H groups in total. The lowest BCUT2D eigenvalue weighted by Crippen LogP contribution is -2.32. The summed E-state index contributed by atoms with van der Waals surface area (Å²) in [5.74, 6) is -0.251. The van der Waals surface area contributed by atoms with E-state index in [-0.39, 0.29) is 24.5 Å². The molecule has 0 bridgehead atoms. The average Bonchev–Trinajstić information content (AvgIpc) is 3.21. The van der Waals surface area contributed by atoms with Crippen molar-refractivity contribution in [2.75, 3.05) is 13.7 Å². The van der Waals surface area contributed by atoms with E-state index in [1.54, 1.807) is 6.20 Å². The number of ether oxygens (including phenoxy) is 1. The van der Waals surface area contributed by atoms with E-state index in [4.69, 9.17) is 17.0 Å². The average molecular weight is 330 g/mol. The van der Waals surface area contributed by atoms with Gasteiger partial charge in [0.1, 0.15) is 0 Å². The third-order valence-electron chi connectivity index (χ3n) is 3.92. The third kappa shape index (κ3) is 3.19. The molecule has 2 aromatic rings. The van der Waals surface area contributed by atoms with Gasteiger partial charge in [-0.15, -0.1) is 0 Å². The van der Waals surface area contributed by atoms with Crippen molar-refractivity contribution in [3.63, 3.8) is 0 Å². The number of carbonyl (C=O) groups excluding carboxylic acids is 1. The molecule has 1 aliphatic heterocycles. The van der Waals surface area contributed by atoms with Crippen LogP contribution in [-0.2, 0) is 9.53 Å². The molecule has 3 rings (SSSR count). The number of nitrogens with zero attached hydrogens (tertiary/aromatic N) is 2. The van der Waals surface area contributed by atoms with Crippen LogP contribution in [0.15, 0.2) is 42.7 Å². The molecule has 120 valence electrons. The maximum Gasteiger partial charge on any atom is 0.307 e. The molecule has 0 radical (unpaired) electrons.